The molecule has 9 nitrogen and oxygen atoms in total. The fourth-order valence-electron chi connectivity index (χ4n) is 5.34. The van der Waals surface area contributed by atoms with Gasteiger partial charge in [0.15, 0.2) is 0 Å². The summed E-state index contributed by atoms with van der Waals surface area (Å²) in [6.45, 7) is 0.582. The molecule has 36 heavy (non-hydrogen) atoms. The minimum atomic E-state index is -0.543. The molecule has 190 valence electrons. The highest BCUT2D eigenvalue weighted by Gasteiger charge is 2.45. The van der Waals surface area contributed by atoms with Gasteiger partial charge in [-0.15, -0.1) is 4.73 Å². The fourth-order valence-corrected chi connectivity index (χ4v) is 5.34. The topological polar surface area (TPSA) is 113 Å². The first-order chi connectivity index (χ1) is 17.4. The summed E-state index contributed by atoms with van der Waals surface area (Å²) in [4.78, 5) is 13.0. The van der Waals surface area contributed by atoms with Crippen LogP contribution in [-0.4, -0.2) is 40.1 Å². The molecule has 3 aromatic rings. The van der Waals surface area contributed by atoms with Crippen LogP contribution in [0.15, 0.2) is 36.5 Å². The number of anilines is 1. The number of amides is 1. The summed E-state index contributed by atoms with van der Waals surface area (Å²) in [6.07, 6.45) is 10.0. The summed E-state index contributed by atoms with van der Waals surface area (Å²) in [5.74, 6) is 1.06. The maximum absolute atomic E-state index is 13.0. The summed E-state index contributed by atoms with van der Waals surface area (Å²) in [6, 6.07) is 8.53. The normalized spacial score (nSPS) is 24.0. The third-order valence-corrected chi connectivity index (χ3v) is 7.93. The van der Waals surface area contributed by atoms with Crippen LogP contribution in [0.1, 0.15) is 67.9 Å². The number of nitrogens with zero attached hydrogens (tertiary/aromatic N) is 3. The Bertz CT molecular complexity index is 1290. The number of hydrogen-bond acceptors (Lipinski definition) is 6. The zero-order chi connectivity index (χ0) is 24.9. The van der Waals surface area contributed by atoms with Crippen molar-refractivity contribution in [3.63, 3.8) is 0 Å². The molecule has 1 amide bonds. The number of aliphatic hydroxyl groups is 1. The van der Waals surface area contributed by atoms with Gasteiger partial charge in [-0.25, -0.2) is 0 Å². The lowest BCUT2D eigenvalue weighted by atomic mass is 9.79. The van der Waals surface area contributed by atoms with E-state index in [9.17, 15) is 15.1 Å². The maximum Gasteiger partial charge on any atom is 0.379 e. The highest BCUT2D eigenvalue weighted by molar-refractivity contribution is 6.04. The number of nitrogens with one attached hydrogen (secondary N) is 1. The second-order valence-corrected chi connectivity index (χ2v) is 10.6. The Morgan fingerprint density at radius 2 is 2.00 bits per heavy atom. The van der Waals surface area contributed by atoms with Crippen LogP contribution >= 0.6 is 0 Å². The summed E-state index contributed by atoms with van der Waals surface area (Å²) in [7, 11) is 1.39. The first-order valence-corrected chi connectivity index (χ1v) is 12.9. The van der Waals surface area contributed by atoms with Gasteiger partial charge in [-0.2, -0.15) is 5.10 Å². The van der Waals surface area contributed by atoms with E-state index < -0.39 is 11.5 Å². The van der Waals surface area contributed by atoms with Crippen LogP contribution in [-0.2, 0) is 0 Å². The van der Waals surface area contributed by atoms with Gasteiger partial charge >= 0.3 is 11.8 Å². The molecule has 6 rings (SSSR count). The van der Waals surface area contributed by atoms with Crippen molar-refractivity contribution >= 4 is 22.5 Å². The molecule has 0 radical (unpaired) electrons. The number of benzene rings is 1. The van der Waals surface area contributed by atoms with E-state index in [1.807, 2.05) is 23.0 Å². The molecule has 9 heteroatoms. The monoisotopic (exact) mass is 492 g/mol. The lowest BCUT2D eigenvalue weighted by molar-refractivity contribution is -0.614. The summed E-state index contributed by atoms with van der Waals surface area (Å²) < 4.78 is 13.6. The minimum Gasteiger partial charge on any atom is -0.615 e. The van der Waals surface area contributed by atoms with E-state index in [0.29, 0.717) is 34.6 Å². The summed E-state index contributed by atoms with van der Waals surface area (Å²) >= 11 is 0. The van der Waals surface area contributed by atoms with Crippen molar-refractivity contribution in [3.05, 3.63) is 47.4 Å². The molecule has 0 unspecified atom stereocenters. The molecule has 3 fully saturated rings. The van der Waals surface area contributed by atoms with E-state index in [0.717, 1.165) is 62.3 Å². The molecule has 2 N–H and O–H groups in total. The van der Waals surface area contributed by atoms with Gasteiger partial charge in [-0.05, 0) is 75.3 Å². The predicted octanol–water partition coefficient (Wildman–Crippen LogP) is 3.98. The Labute approximate surface area is 209 Å². The van der Waals surface area contributed by atoms with Crippen LogP contribution < -0.4 is 19.5 Å². The number of hydrogen-bond donors (Lipinski definition) is 2. The fraction of sp³-hybridized carbons (Fsp3) is 0.519. The van der Waals surface area contributed by atoms with Gasteiger partial charge in [0.05, 0.1) is 42.6 Å². The molecule has 2 aromatic heterocycles. The molecule has 1 aromatic carbocycles. The molecule has 3 aliphatic rings. The van der Waals surface area contributed by atoms with Crippen LogP contribution in [0, 0.1) is 17.0 Å². The molecule has 2 heterocycles. The standard InChI is InChI=1S/C27H32N4O5/c1-35-25-4-2-3-23(31(25)34)26(32)28-22-13-18-15-30(20-9-11-27(33,12-10-20)19-7-8-19)29-21(18)14-24(22)36-16-17-5-6-17/h2-4,13-15,17,19-20,33H,5-12,16H2,1H3,(H,28,32). The van der Waals surface area contributed by atoms with Crippen molar-refractivity contribution in [2.45, 2.75) is 63.0 Å². The van der Waals surface area contributed by atoms with E-state index in [2.05, 4.69) is 5.32 Å². The van der Waals surface area contributed by atoms with Gasteiger partial charge in [0.1, 0.15) is 5.75 Å². The molecule has 0 atom stereocenters. The zero-order valence-electron chi connectivity index (χ0n) is 20.5. The van der Waals surface area contributed by atoms with Gasteiger partial charge in [-0.3, -0.25) is 9.48 Å². The van der Waals surface area contributed by atoms with Crippen LogP contribution in [0.4, 0.5) is 5.69 Å². The second kappa shape index (κ2) is 8.96. The maximum atomic E-state index is 13.0. The molecule has 0 spiro atoms. The van der Waals surface area contributed by atoms with E-state index in [4.69, 9.17) is 14.6 Å². The number of methoxy groups -OCH3 is 1. The molecule has 3 saturated carbocycles. The van der Waals surface area contributed by atoms with Gasteiger partial charge in [0.2, 0.25) is 0 Å². The average molecular weight is 493 g/mol. The molecular formula is C27H32N4O5. The first-order valence-electron chi connectivity index (χ1n) is 12.9. The third-order valence-electron chi connectivity index (χ3n) is 7.93. The number of carbonyl (C=O) groups excluding carboxylic acids is 1. The van der Waals surface area contributed by atoms with E-state index in [1.165, 1.54) is 19.2 Å². The molecule has 0 bridgehead atoms. The van der Waals surface area contributed by atoms with Crippen molar-refractivity contribution in [2.75, 3.05) is 19.0 Å². The van der Waals surface area contributed by atoms with E-state index >= 15 is 0 Å². The second-order valence-electron chi connectivity index (χ2n) is 10.6. The van der Waals surface area contributed by atoms with E-state index in [-0.39, 0.29) is 17.6 Å². The number of aromatic nitrogens is 3. The van der Waals surface area contributed by atoms with Crippen LogP contribution in [0.25, 0.3) is 10.9 Å². The van der Waals surface area contributed by atoms with Crippen LogP contribution in [0.2, 0.25) is 0 Å². The molecule has 0 aliphatic heterocycles. The van der Waals surface area contributed by atoms with Crippen molar-refractivity contribution in [2.24, 2.45) is 11.8 Å². The number of fused-ring (bicyclic) bond motifs is 1. The van der Waals surface area contributed by atoms with Gasteiger partial charge in [0.25, 0.3) is 5.69 Å². The number of ether oxygens (including phenoxy) is 2. The van der Waals surface area contributed by atoms with Crippen molar-refractivity contribution in [3.8, 4) is 11.6 Å². The van der Waals surface area contributed by atoms with Crippen LogP contribution in [0.5, 0.6) is 11.6 Å². The smallest absolute Gasteiger partial charge is 0.379 e. The average Bonchev–Trinajstić information content (AvgIpc) is 3.80. The number of pyridine rings is 1. The number of carbonyl (C=O) groups is 1. The lowest BCUT2D eigenvalue weighted by Crippen LogP contribution is -2.38. The van der Waals surface area contributed by atoms with Crippen molar-refractivity contribution in [1.29, 1.82) is 0 Å². The Hall–Kier alpha value is -3.33. The molecule has 0 saturated heterocycles. The Morgan fingerprint density at radius 3 is 2.69 bits per heavy atom. The van der Waals surface area contributed by atoms with Gasteiger partial charge in [-0.1, -0.05) is 0 Å². The predicted molar refractivity (Wildman–Crippen MR) is 133 cm³/mol. The minimum absolute atomic E-state index is 0.0469. The van der Waals surface area contributed by atoms with Crippen molar-refractivity contribution in [1.82, 2.24) is 9.78 Å². The molecular weight excluding hydrogens is 460 g/mol. The zero-order valence-corrected chi connectivity index (χ0v) is 20.5. The Morgan fingerprint density at radius 1 is 1.22 bits per heavy atom. The lowest BCUT2D eigenvalue weighted by Gasteiger charge is -2.36. The van der Waals surface area contributed by atoms with E-state index in [1.54, 1.807) is 6.07 Å². The Kier molecular flexibility index (Phi) is 5.75. The molecule has 3 aliphatic carbocycles. The van der Waals surface area contributed by atoms with Gasteiger partial charge in [0, 0.05) is 23.7 Å². The summed E-state index contributed by atoms with van der Waals surface area (Å²) in [5, 5.41) is 32.0. The highest BCUT2D eigenvalue weighted by Crippen LogP contribution is 2.49. The Balaban J connectivity index is 1.26. The largest absolute Gasteiger partial charge is 0.615 e. The van der Waals surface area contributed by atoms with Gasteiger partial charge < -0.3 is 25.1 Å². The third kappa shape index (κ3) is 4.48. The quantitative estimate of drug-likeness (QED) is 0.363. The highest BCUT2D eigenvalue weighted by atomic mass is 16.5. The van der Waals surface area contributed by atoms with Crippen molar-refractivity contribution < 1.29 is 24.1 Å². The van der Waals surface area contributed by atoms with Crippen LogP contribution in [0.3, 0.4) is 0 Å². The SMILES string of the molecule is COc1cccc(C(=O)Nc2cc3cn(C4CCC(O)(C5CC5)CC4)nc3cc2OCC2CC2)[n+]1[O-]. The summed E-state index contributed by atoms with van der Waals surface area (Å²) in [5.41, 5.74) is 0.733. The first kappa shape index (κ1) is 23.1. The number of rotatable bonds is 8.